The molecule has 3 amide bonds. The Labute approximate surface area is 208 Å². The molecule has 3 saturated heterocycles. The van der Waals surface area contributed by atoms with Gasteiger partial charge >= 0.3 is 6.03 Å². The first-order valence-electron chi connectivity index (χ1n) is 12.8. The largest absolute Gasteiger partial charge is 0.383 e. The monoisotopic (exact) mass is 476 g/mol. The minimum Gasteiger partial charge on any atom is -0.383 e. The lowest BCUT2D eigenvalue weighted by Crippen LogP contribution is -2.56. The van der Waals surface area contributed by atoms with Gasteiger partial charge in [0, 0.05) is 52.1 Å². The van der Waals surface area contributed by atoms with Crippen LogP contribution in [-0.4, -0.2) is 78.6 Å². The number of methoxy groups -OCH3 is 1. The molecule has 7 heteroatoms. The van der Waals surface area contributed by atoms with Crippen molar-refractivity contribution in [2.24, 2.45) is 0 Å². The van der Waals surface area contributed by atoms with E-state index in [-0.39, 0.29) is 11.9 Å². The molecule has 5 rings (SSSR count). The first kappa shape index (κ1) is 23.8. The number of carbonyl (C=O) groups excluding carboxylic acids is 2. The van der Waals surface area contributed by atoms with Crippen molar-refractivity contribution in [1.29, 1.82) is 0 Å². The van der Waals surface area contributed by atoms with E-state index < -0.39 is 5.54 Å². The molecule has 3 fully saturated rings. The van der Waals surface area contributed by atoms with Crippen LogP contribution >= 0.6 is 0 Å². The fraction of sp³-hybridized carbons (Fsp3) is 0.500. The SMILES string of the molecule is COCCN1C(=O)N(Cc2ccccc2)C2(CCN(Cc3ccc(N4CCCC4)cc3)CC2)C1=O. The highest BCUT2D eigenvalue weighted by Crippen LogP contribution is 2.38. The molecule has 0 atom stereocenters. The minimum atomic E-state index is -0.767. The molecule has 0 N–H and O–H groups in total. The summed E-state index contributed by atoms with van der Waals surface area (Å²) < 4.78 is 5.18. The number of likely N-dealkylation sites (tertiary alicyclic amines) is 1. The molecule has 3 heterocycles. The third-order valence-corrected chi connectivity index (χ3v) is 7.82. The van der Waals surface area contributed by atoms with Gasteiger partial charge in [0.1, 0.15) is 5.54 Å². The van der Waals surface area contributed by atoms with E-state index in [2.05, 4.69) is 34.1 Å². The predicted molar refractivity (Wildman–Crippen MR) is 136 cm³/mol. The number of urea groups is 1. The van der Waals surface area contributed by atoms with Crippen LogP contribution in [0.15, 0.2) is 54.6 Å². The molecule has 186 valence electrons. The van der Waals surface area contributed by atoms with E-state index >= 15 is 0 Å². The smallest absolute Gasteiger partial charge is 0.328 e. The molecule has 0 aliphatic carbocycles. The average Bonchev–Trinajstić information content (AvgIpc) is 3.49. The first-order valence-corrected chi connectivity index (χ1v) is 12.8. The van der Waals surface area contributed by atoms with E-state index in [0.29, 0.717) is 32.5 Å². The summed E-state index contributed by atoms with van der Waals surface area (Å²) in [7, 11) is 1.60. The number of imide groups is 1. The van der Waals surface area contributed by atoms with Crippen molar-refractivity contribution in [2.45, 2.75) is 44.3 Å². The quantitative estimate of drug-likeness (QED) is 0.544. The number of piperidine rings is 1. The molecule has 0 saturated carbocycles. The van der Waals surface area contributed by atoms with E-state index in [9.17, 15) is 9.59 Å². The van der Waals surface area contributed by atoms with Crippen LogP contribution in [0.2, 0.25) is 0 Å². The third kappa shape index (κ3) is 4.80. The van der Waals surface area contributed by atoms with Gasteiger partial charge in [0.05, 0.1) is 13.2 Å². The van der Waals surface area contributed by atoms with Crippen molar-refractivity contribution in [3.8, 4) is 0 Å². The Kier molecular flexibility index (Phi) is 7.07. The lowest BCUT2D eigenvalue weighted by Gasteiger charge is -2.42. The van der Waals surface area contributed by atoms with Crippen molar-refractivity contribution >= 4 is 17.6 Å². The molecule has 35 heavy (non-hydrogen) atoms. The number of hydrogen-bond donors (Lipinski definition) is 0. The van der Waals surface area contributed by atoms with Gasteiger partial charge in [-0.2, -0.15) is 0 Å². The predicted octanol–water partition coefficient (Wildman–Crippen LogP) is 3.73. The van der Waals surface area contributed by atoms with Crippen molar-refractivity contribution in [3.63, 3.8) is 0 Å². The van der Waals surface area contributed by atoms with Gasteiger partial charge in [-0.3, -0.25) is 14.6 Å². The highest BCUT2D eigenvalue weighted by molar-refractivity contribution is 6.07. The number of amides is 3. The van der Waals surface area contributed by atoms with Crippen LogP contribution < -0.4 is 4.90 Å². The Balaban J connectivity index is 1.27. The summed E-state index contributed by atoms with van der Waals surface area (Å²) in [5.74, 6) is -0.0647. The van der Waals surface area contributed by atoms with Gasteiger partial charge in [0.15, 0.2) is 0 Å². The second-order valence-corrected chi connectivity index (χ2v) is 9.97. The number of nitrogens with zero attached hydrogens (tertiary/aromatic N) is 4. The van der Waals surface area contributed by atoms with Gasteiger partial charge in [-0.25, -0.2) is 4.79 Å². The number of hydrogen-bond acceptors (Lipinski definition) is 5. The third-order valence-electron chi connectivity index (χ3n) is 7.82. The molecule has 2 aromatic carbocycles. The first-order chi connectivity index (χ1) is 17.1. The Morgan fingerprint density at radius 2 is 1.49 bits per heavy atom. The van der Waals surface area contributed by atoms with Crippen LogP contribution in [0.4, 0.5) is 10.5 Å². The molecule has 0 unspecified atom stereocenters. The van der Waals surface area contributed by atoms with E-state index in [1.165, 1.54) is 29.0 Å². The summed E-state index contributed by atoms with van der Waals surface area (Å²) in [6, 6.07) is 18.7. The molecule has 1 spiro atoms. The summed E-state index contributed by atoms with van der Waals surface area (Å²) in [5, 5.41) is 0. The fourth-order valence-corrected chi connectivity index (χ4v) is 5.76. The lowest BCUT2D eigenvalue weighted by molar-refractivity contribution is -0.136. The van der Waals surface area contributed by atoms with E-state index in [1.54, 1.807) is 7.11 Å². The zero-order chi connectivity index (χ0) is 24.3. The average molecular weight is 477 g/mol. The molecular weight excluding hydrogens is 440 g/mol. The normalized spacial score (nSPS) is 20.4. The second kappa shape index (κ2) is 10.4. The summed E-state index contributed by atoms with van der Waals surface area (Å²) in [4.78, 5) is 35.1. The maximum atomic E-state index is 13.6. The molecule has 7 nitrogen and oxygen atoms in total. The van der Waals surface area contributed by atoms with E-state index in [0.717, 1.165) is 38.3 Å². The van der Waals surface area contributed by atoms with Crippen LogP contribution in [0.5, 0.6) is 0 Å². The molecule has 0 aromatic heterocycles. The van der Waals surface area contributed by atoms with Crippen LogP contribution in [0.3, 0.4) is 0 Å². The molecule has 0 radical (unpaired) electrons. The van der Waals surface area contributed by atoms with Crippen molar-refractivity contribution < 1.29 is 14.3 Å². The Morgan fingerprint density at radius 1 is 0.829 bits per heavy atom. The maximum Gasteiger partial charge on any atom is 0.328 e. The second-order valence-electron chi connectivity index (χ2n) is 9.97. The highest BCUT2D eigenvalue weighted by Gasteiger charge is 2.57. The van der Waals surface area contributed by atoms with E-state index in [1.807, 2.05) is 35.2 Å². The molecule has 2 aromatic rings. The van der Waals surface area contributed by atoms with Gasteiger partial charge < -0.3 is 14.5 Å². The van der Waals surface area contributed by atoms with Crippen molar-refractivity contribution in [3.05, 3.63) is 65.7 Å². The van der Waals surface area contributed by atoms with Crippen molar-refractivity contribution in [1.82, 2.24) is 14.7 Å². The Hall–Kier alpha value is -2.90. The number of rotatable bonds is 8. The molecule has 3 aliphatic heterocycles. The number of benzene rings is 2. The lowest BCUT2D eigenvalue weighted by atomic mass is 9.85. The van der Waals surface area contributed by atoms with Gasteiger partial charge in [-0.1, -0.05) is 42.5 Å². The summed E-state index contributed by atoms with van der Waals surface area (Å²) in [5.41, 5.74) is 2.88. The Bertz CT molecular complexity index is 1010. The van der Waals surface area contributed by atoms with Crippen molar-refractivity contribution in [2.75, 3.05) is 51.3 Å². The summed E-state index contributed by atoms with van der Waals surface area (Å²) >= 11 is 0. The number of anilines is 1. The van der Waals surface area contributed by atoms with Gasteiger partial charge in [0.25, 0.3) is 5.91 Å². The highest BCUT2D eigenvalue weighted by atomic mass is 16.5. The fourth-order valence-electron chi connectivity index (χ4n) is 5.76. The molecule has 0 bridgehead atoms. The summed E-state index contributed by atoms with van der Waals surface area (Å²) in [6.07, 6.45) is 3.87. The topological polar surface area (TPSA) is 56.3 Å². The maximum absolute atomic E-state index is 13.6. The van der Waals surface area contributed by atoms with Gasteiger partial charge in [-0.05, 0) is 48.9 Å². The van der Waals surface area contributed by atoms with Crippen LogP contribution in [0.25, 0.3) is 0 Å². The van der Waals surface area contributed by atoms with Gasteiger partial charge in [0.2, 0.25) is 0 Å². The zero-order valence-electron chi connectivity index (χ0n) is 20.7. The van der Waals surface area contributed by atoms with Crippen LogP contribution in [0, 0.1) is 0 Å². The Morgan fingerprint density at radius 3 is 2.14 bits per heavy atom. The standard InChI is InChI=1S/C28H36N4O3/c1-35-20-19-31-26(33)28(32(27(31)34)22-23-7-3-2-4-8-23)13-17-29(18-14-28)21-24-9-11-25(12-10-24)30-15-5-6-16-30/h2-4,7-12H,5-6,13-22H2,1H3. The number of ether oxygens (including phenoxy) is 1. The minimum absolute atomic E-state index is 0.0647. The number of carbonyl (C=O) groups is 2. The molecule has 3 aliphatic rings. The van der Waals surface area contributed by atoms with E-state index in [4.69, 9.17) is 4.74 Å². The van der Waals surface area contributed by atoms with Crippen LogP contribution in [0.1, 0.15) is 36.8 Å². The van der Waals surface area contributed by atoms with Crippen LogP contribution in [-0.2, 0) is 22.6 Å². The summed E-state index contributed by atoms with van der Waals surface area (Å²) in [6.45, 7) is 5.85. The molecular formula is C28H36N4O3. The van der Waals surface area contributed by atoms with Gasteiger partial charge in [-0.15, -0.1) is 0 Å². The zero-order valence-corrected chi connectivity index (χ0v) is 20.7.